The van der Waals surface area contributed by atoms with Crippen LogP contribution in [0.5, 0.6) is 0 Å². The van der Waals surface area contributed by atoms with Crippen LogP contribution in [0.1, 0.15) is 42.5 Å². The summed E-state index contributed by atoms with van der Waals surface area (Å²) in [4.78, 5) is 28.9. The number of nitrogens with zero attached hydrogens (tertiary/aromatic N) is 1. The fourth-order valence-corrected chi connectivity index (χ4v) is 5.15. The van der Waals surface area contributed by atoms with E-state index in [-0.39, 0.29) is 19.6 Å². The van der Waals surface area contributed by atoms with E-state index in [1.54, 1.807) is 25.2 Å². The van der Waals surface area contributed by atoms with Crippen LogP contribution in [0.3, 0.4) is 0 Å². The van der Waals surface area contributed by atoms with Gasteiger partial charge in [0.2, 0.25) is 0 Å². The van der Waals surface area contributed by atoms with Crippen molar-refractivity contribution in [1.29, 1.82) is 0 Å². The van der Waals surface area contributed by atoms with Gasteiger partial charge in [0.1, 0.15) is 5.25 Å². The highest BCUT2D eigenvalue weighted by molar-refractivity contribution is 8.02. The molecule has 0 aliphatic carbocycles. The van der Waals surface area contributed by atoms with Crippen LogP contribution in [-0.2, 0) is 19.1 Å². The number of rotatable bonds is 7. The fourth-order valence-electron chi connectivity index (χ4n) is 2.67. The zero-order valence-electron chi connectivity index (χ0n) is 16.1. The molecule has 1 unspecified atom stereocenters. The van der Waals surface area contributed by atoms with E-state index in [1.807, 2.05) is 0 Å². The van der Waals surface area contributed by atoms with Crippen molar-refractivity contribution < 1.29 is 19.1 Å². The molecule has 0 amide bonds. The molecular formula is C19H25NO4S2. The van der Waals surface area contributed by atoms with Crippen LogP contribution in [0.4, 0.5) is 0 Å². The van der Waals surface area contributed by atoms with Gasteiger partial charge in [0, 0.05) is 0 Å². The van der Waals surface area contributed by atoms with E-state index in [1.165, 1.54) is 28.5 Å². The summed E-state index contributed by atoms with van der Waals surface area (Å²) in [6, 6.07) is 0. The summed E-state index contributed by atoms with van der Waals surface area (Å²) < 4.78 is 12.0. The fraction of sp³-hybridized carbons (Fsp3) is 0.526. The molecule has 0 N–H and O–H groups in total. The normalized spacial score (nSPS) is 12.2. The summed E-state index contributed by atoms with van der Waals surface area (Å²) in [6.45, 7) is 12.4. The smallest absolute Gasteiger partial charge is 0.320 e. The van der Waals surface area contributed by atoms with Crippen molar-refractivity contribution in [3.8, 4) is 0 Å². The first-order chi connectivity index (χ1) is 12.3. The van der Waals surface area contributed by atoms with Crippen molar-refractivity contribution in [3.63, 3.8) is 0 Å². The lowest BCUT2D eigenvalue weighted by Crippen LogP contribution is -2.24. The molecular weight excluding hydrogens is 370 g/mol. The molecule has 26 heavy (non-hydrogen) atoms. The number of esters is 2. The maximum atomic E-state index is 12.3. The molecule has 1 aromatic carbocycles. The number of ether oxygens (including phenoxy) is 2. The molecule has 1 atom stereocenters. The van der Waals surface area contributed by atoms with Crippen LogP contribution >= 0.6 is 23.1 Å². The average Bonchev–Trinajstić information content (AvgIpc) is 3.02. The predicted molar refractivity (Wildman–Crippen MR) is 106 cm³/mol. The zero-order valence-corrected chi connectivity index (χ0v) is 17.7. The summed E-state index contributed by atoms with van der Waals surface area (Å²) in [5.41, 5.74) is 5.85. The van der Waals surface area contributed by atoms with Crippen molar-refractivity contribution in [2.45, 2.75) is 57.6 Å². The highest BCUT2D eigenvalue weighted by Gasteiger charge is 2.27. The second-order valence-electron chi connectivity index (χ2n) is 6.03. The molecule has 1 heterocycles. The van der Waals surface area contributed by atoms with Crippen molar-refractivity contribution in [2.24, 2.45) is 0 Å². The number of hydrogen-bond acceptors (Lipinski definition) is 7. The molecule has 1 aromatic heterocycles. The van der Waals surface area contributed by atoms with E-state index in [0.29, 0.717) is 0 Å². The number of carbonyl (C=O) groups excluding carboxylic acids is 2. The molecule has 2 aromatic rings. The molecule has 5 nitrogen and oxygen atoms in total. The van der Waals surface area contributed by atoms with E-state index in [4.69, 9.17) is 14.5 Å². The lowest BCUT2D eigenvalue weighted by molar-refractivity contribution is -0.149. The second kappa shape index (κ2) is 8.86. The van der Waals surface area contributed by atoms with Gasteiger partial charge in [-0.25, -0.2) is 4.98 Å². The number of aryl methyl sites for hydroxylation is 2. The summed E-state index contributed by atoms with van der Waals surface area (Å²) in [6.07, 6.45) is -0.0245. The third-order valence-electron chi connectivity index (χ3n) is 4.44. The van der Waals surface area contributed by atoms with Gasteiger partial charge in [0.05, 0.1) is 29.9 Å². The Kier molecular flexibility index (Phi) is 7.06. The number of fused-ring (bicyclic) bond motifs is 1. The lowest BCUT2D eigenvalue weighted by atomic mass is 9.99. The quantitative estimate of drug-likeness (QED) is 0.508. The average molecular weight is 396 g/mol. The van der Waals surface area contributed by atoms with Gasteiger partial charge in [-0.3, -0.25) is 9.59 Å². The minimum Gasteiger partial charge on any atom is -0.466 e. The molecule has 0 spiro atoms. The Morgan fingerprint density at radius 3 is 2.23 bits per heavy atom. The van der Waals surface area contributed by atoms with Gasteiger partial charge in [0.25, 0.3) is 0 Å². The van der Waals surface area contributed by atoms with Gasteiger partial charge >= 0.3 is 11.9 Å². The molecule has 0 aliphatic heterocycles. The molecule has 0 saturated carbocycles. The van der Waals surface area contributed by atoms with Crippen LogP contribution in [-0.4, -0.2) is 35.4 Å². The first-order valence-corrected chi connectivity index (χ1v) is 10.3. The number of hydrogen-bond donors (Lipinski definition) is 0. The molecule has 142 valence electrons. The Morgan fingerprint density at radius 2 is 1.62 bits per heavy atom. The first-order valence-electron chi connectivity index (χ1n) is 8.65. The maximum absolute atomic E-state index is 12.3. The predicted octanol–water partition coefficient (Wildman–Crippen LogP) is 4.51. The van der Waals surface area contributed by atoms with Gasteiger partial charge in [0.15, 0.2) is 4.34 Å². The summed E-state index contributed by atoms with van der Waals surface area (Å²) in [5, 5.41) is -0.655. The number of benzene rings is 1. The highest BCUT2D eigenvalue weighted by Crippen LogP contribution is 2.38. The van der Waals surface area contributed by atoms with Crippen LogP contribution in [0.25, 0.3) is 10.2 Å². The Labute approximate surface area is 162 Å². The van der Waals surface area contributed by atoms with Gasteiger partial charge in [-0.05, 0) is 63.8 Å². The van der Waals surface area contributed by atoms with Crippen molar-refractivity contribution >= 4 is 45.3 Å². The van der Waals surface area contributed by atoms with Gasteiger partial charge in [-0.2, -0.15) is 0 Å². The number of thioether (sulfide) groups is 1. The van der Waals surface area contributed by atoms with Crippen LogP contribution in [0.15, 0.2) is 4.34 Å². The van der Waals surface area contributed by atoms with E-state index in [2.05, 4.69) is 27.7 Å². The number of aromatic nitrogens is 1. The molecule has 2 rings (SSSR count). The van der Waals surface area contributed by atoms with E-state index < -0.39 is 17.2 Å². The Bertz CT molecular complexity index is 784. The standard InChI is InChI=1S/C19H25NO4S2/c1-7-23-15(21)9-14(18(22)24-8-2)25-19-20-16-12(5)10(3)11(4)13(6)17(16)26-19/h14H,7-9H2,1-6H3. The number of thiazole rings is 1. The number of carbonyl (C=O) groups is 2. The zero-order chi connectivity index (χ0) is 19.4. The molecule has 0 aliphatic rings. The largest absolute Gasteiger partial charge is 0.466 e. The van der Waals surface area contributed by atoms with E-state index >= 15 is 0 Å². The van der Waals surface area contributed by atoms with Crippen LogP contribution < -0.4 is 0 Å². The van der Waals surface area contributed by atoms with Crippen LogP contribution in [0, 0.1) is 27.7 Å². The van der Waals surface area contributed by atoms with Crippen molar-refractivity contribution in [1.82, 2.24) is 4.98 Å². The van der Waals surface area contributed by atoms with Gasteiger partial charge in [-0.1, -0.05) is 11.8 Å². The Morgan fingerprint density at radius 1 is 1.00 bits per heavy atom. The topological polar surface area (TPSA) is 65.5 Å². The molecule has 0 bridgehead atoms. The Hall–Kier alpha value is -1.60. The maximum Gasteiger partial charge on any atom is 0.320 e. The third kappa shape index (κ3) is 4.38. The minimum absolute atomic E-state index is 0.0245. The summed E-state index contributed by atoms with van der Waals surface area (Å²) in [5.74, 6) is -0.816. The summed E-state index contributed by atoms with van der Waals surface area (Å²) >= 11 is 2.84. The van der Waals surface area contributed by atoms with Crippen LogP contribution in [0.2, 0.25) is 0 Å². The first kappa shape index (κ1) is 20.7. The second-order valence-corrected chi connectivity index (χ2v) is 8.47. The van der Waals surface area contributed by atoms with Gasteiger partial charge < -0.3 is 9.47 Å². The molecule has 0 fully saturated rings. The molecule has 0 saturated heterocycles. The summed E-state index contributed by atoms with van der Waals surface area (Å²) in [7, 11) is 0. The lowest BCUT2D eigenvalue weighted by Gasteiger charge is -2.12. The SMILES string of the molecule is CCOC(=O)CC(Sc1nc2c(C)c(C)c(C)c(C)c2s1)C(=O)OCC. The third-order valence-corrected chi connectivity index (χ3v) is 6.89. The minimum atomic E-state index is -0.655. The van der Waals surface area contributed by atoms with Crippen molar-refractivity contribution in [2.75, 3.05) is 13.2 Å². The van der Waals surface area contributed by atoms with Crippen molar-refractivity contribution in [3.05, 3.63) is 22.3 Å². The molecule has 7 heteroatoms. The van der Waals surface area contributed by atoms with E-state index in [9.17, 15) is 9.59 Å². The Balaban J connectivity index is 2.35. The monoisotopic (exact) mass is 395 g/mol. The molecule has 0 radical (unpaired) electrons. The highest BCUT2D eigenvalue weighted by atomic mass is 32.2. The van der Waals surface area contributed by atoms with Gasteiger partial charge in [-0.15, -0.1) is 11.3 Å². The van der Waals surface area contributed by atoms with E-state index in [0.717, 1.165) is 20.1 Å².